The molecule has 1 aromatic heterocycles. The van der Waals surface area contributed by atoms with Gasteiger partial charge in [-0.2, -0.15) is 0 Å². The molecule has 10 heavy (non-hydrogen) atoms. The fraction of sp³-hybridized carbons (Fsp3) is 0.375. The van der Waals surface area contributed by atoms with Gasteiger partial charge in [0.1, 0.15) is 5.82 Å². The summed E-state index contributed by atoms with van der Waals surface area (Å²) < 4.78 is 0. The van der Waals surface area contributed by atoms with Gasteiger partial charge < -0.3 is 4.98 Å². The lowest BCUT2D eigenvalue weighted by molar-refractivity contribution is 1.06. The third-order valence-electron chi connectivity index (χ3n) is 1.35. The van der Waals surface area contributed by atoms with Gasteiger partial charge in [0.05, 0.1) is 0 Å². The van der Waals surface area contributed by atoms with Crippen molar-refractivity contribution in [1.29, 1.82) is 0 Å². The molecule has 1 aromatic rings. The molecule has 0 bridgehead atoms. The standard InChI is InChI=1S/C8H12N2/c1-3-5-8-9-6-7(4-2)10-8/h3,5-6H,4H2,1-2H3,(H,9,10)/b5-3+. The minimum Gasteiger partial charge on any atom is -0.342 e. The van der Waals surface area contributed by atoms with Crippen molar-refractivity contribution in [3.05, 3.63) is 23.8 Å². The fourth-order valence-electron chi connectivity index (χ4n) is 0.799. The maximum Gasteiger partial charge on any atom is 0.129 e. The number of imidazole rings is 1. The molecule has 1 N–H and O–H groups in total. The number of rotatable bonds is 2. The van der Waals surface area contributed by atoms with E-state index in [9.17, 15) is 0 Å². The molecule has 0 aromatic carbocycles. The Kier molecular flexibility index (Phi) is 2.26. The lowest BCUT2D eigenvalue weighted by Gasteiger charge is -1.83. The number of hydrogen-bond donors (Lipinski definition) is 1. The maximum atomic E-state index is 4.13. The molecular weight excluding hydrogens is 124 g/mol. The molecule has 0 aliphatic heterocycles. The SMILES string of the molecule is C/C=C/c1ncc(CC)[nH]1. The van der Waals surface area contributed by atoms with Crippen molar-refractivity contribution in [2.45, 2.75) is 20.3 Å². The van der Waals surface area contributed by atoms with Crippen LogP contribution in [0.5, 0.6) is 0 Å². The number of nitrogens with one attached hydrogen (secondary N) is 1. The molecule has 1 heterocycles. The molecule has 2 heteroatoms. The molecule has 0 radical (unpaired) electrons. The Hall–Kier alpha value is -1.05. The van der Waals surface area contributed by atoms with Gasteiger partial charge in [0, 0.05) is 11.9 Å². The van der Waals surface area contributed by atoms with Crippen molar-refractivity contribution < 1.29 is 0 Å². The van der Waals surface area contributed by atoms with Crippen LogP contribution in [0.3, 0.4) is 0 Å². The van der Waals surface area contributed by atoms with Gasteiger partial charge >= 0.3 is 0 Å². The number of aromatic nitrogens is 2. The van der Waals surface area contributed by atoms with E-state index < -0.39 is 0 Å². The third kappa shape index (κ3) is 1.47. The molecule has 0 atom stereocenters. The predicted molar refractivity (Wildman–Crippen MR) is 42.7 cm³/mol. The van der Waals surface area contributed by atoms with Crippen molar-refractivity contribution >= 4 is 6.08 Å². The number of hydrogen-bond acceptors (Lipinski definition) is 1. The number of aromatic amines is 1. The van der Waals surface area contributed by atoms with Gasteiger partial charge in [-0.3, -0.25) is 0 Å². The number of aryl methyl sites for hydroxylation is 1. The van der Waals surface area contributed by atoms with E-state index in [-0.39, 0.29) is 0 Å². The number of allylic oxidation sites excluding steroid dienone is 1. The average molecular weight is 136 g/mol. The second kappa shape index (κ2) is 3.20. The number of nitrogens with zero attached hydrogens (tertiary/aromatic N) is 1. The van der Waals surface area contributed by atoms with Crippen LogP contribution in [-0.4, -0.2) is 9.97 Å². The predicted octanol–water partition coefficient (Wildman–Crippen LogP) is 2.01. The highest BCUT2D eigenvalue weighted by atomic mass is 14.9. The van der Waals surface area contributed by atoms with Crippen LogP contribution in [0.2, 0.25) is 0 Å². The van der Waals surface area contributed by atoms with Crippen LogP contribution in [-0.2, 0) is 6.42 Å². The Balaban J connectivity index is 2.78. The van der Waals surface area contributed by atoms with Crippen LogP contribution < -0.4 is 0 Å². The molecule has 0 fully saturated rings. The van der Waals surface area contributed by atoms with E-state index in [4.69, 9.17) is 0 Å². The Morgan fingerprint density at radius 2 is 2.50 bits per heavy atom. The molecule has 0 amide bonds. The van der Waals surface area contributed by atoms with E-state index in [1.807, 2.05) is 25.3 Å². The first kappa shape index (κ1) is 7.06. The lowest BCUT2D eigenvalue weighted by Crippen LogP contribution is -1.77. The highest BCUT2D eigenvalue weighted by Crippen LogP contribution is 1.98. The van der Waals surface area contributed by atoms with E-state index in [0.29, 0.717) is 0 Å². The minimum atomic E-state index is 0.944. The Morgan fingerprint density at radius 1 is 1.70 bits per heavy atom. The molecule has 54 valence electrons. The van der Waals surface area contributed by atoms with Crippen molar-refractivity contribution in [2.75, 3.05) is 0 Å². The topological polar surface area (TPSA) is 28.7 Å². The second-order valence-electron chi connectivity index (χ2n) is 2.15. The molecule has 0 aliphatic rings. The van der Waals surface area contributed by atoms with E-state index >= 15 is 0 Å². The Labute approximate surface area is 61.0 Å². The molecular formula is C8H12N2. The van der Waals surface area contributed by atoms with Gasteiger partial charge in [-0.15, -0.1) is 0 Å². The highest BCUT2D eigenvalue weighted by molar-refractivity contribution is 5.39. The number of H-pyrrole nitrogens is 1. The van der Waals surface area contributed by atoms with Gasteiger partial charge in [0.2, 0.25) is 0 Å². The van der Waals surface area contributed by atoms with Gasteiger partial charge in [0.25, 0.3) is 0 Å². The molecule has 2 nitrogen and oxygen atoms in total. The quantitative estimate of drug-likeness (QED) is 0.661. The van der Waals surface area contributed by atoms with Crippen LogP contribution in [0, 0.1) is 0 Å². The largest absolute Gasteiger partial charge is 0.342 e. The molecule has 0 saturated carbocycles. The van der Waals surface area contributed by atoms with Crippen LogP contribution in [0.4, 0.5) is 0 Å². The van der Waals surface area contributed by atoms with Crippen LogP contribution in [0.15, 0.2) is 12.3 Å². The van der Waals surface area contributed by atoms with Crippen molar-refractivity contribution in [1.82, 2.24) is 9.97 Å². The first-order valence-corrected chi connectivity index (χ1v) is 3.53. The fourth-order valence-corrected chi connectivity index (χ4v) is 0.799. The van der Waals surface area contributed by atoms with Crippen molar-refractivity contribution in [3.8, 4) is 0 Å². The van der Waals surface area contributed by atoms with Crippen LogP contribution in [0.1, 0.15) is 25.4 Å². The van der Waals surface area contributed by atoms with Crippen molar-refractivity contribution in [2.24, 2.45) is 0 Å². The van der Waals surface area contributed by atoms with Gasteiger partial charge in [-0.25, -0.2) is 4.98 Å². The molecule has 0 saturated heterocycles. The first-order chi connectivity index (χ1) is 4.86. The zero-order chi connectivity index (χ0) is 7.40. The highest BCUT2D eigenvalue weighted by Gasteiger charge is 1.91. The van der Waals surface area contributed by atoms with Gasteiger partial charge in [0.15, 0.2) is 0 Å². The van der Waals surface area contributed by atoms with E-state index in [0.717, 1.165) is 12.2 Å². The van der Waals surface area contributed by atoms with Gasteiger partial charge in [-0.05, 0) is 19.4 Å². The summed E-state index contributed by atoms with van der Waals surface area (Å²) >= 11 is 0. The summed E-state index contributed by atoms with van der Waals surface area (Å²) in [5.74, 6) is 0.944. The second-order valence-corrected chi connectivity index (χ2v) is 2.15. The average Bonchev–Trinajstić information content (AvgIpc) is 2.37. The van der Waals surface area contributed by atoms with Crippen molar-refractivity contribution in [3.63, 3.8) is 0 Å². The minimum absolute atomic E-state index is 0.944. The molecule has 0 unspecified atom stereocenters. The molecule has 0 spiro atoms. The zero-order valence-electron chi connectivity index (χ0n) is 6.39. The smallest absolute Gasteiger partial charge is 0.129 e. The van der Waals surface area contributed by atoms with E-state index in [2.05, 4.69) is 16.9 Å². The van der Waals surface area contributed by atoms with E-state index in [1.54, 1.807) is 0 Å². The van der Waals surface area contributed by atoms with Gasteiger partial charge in [-0.1, -0.05) is 13.0 Å². The molecule has 1 rings (SSSR count). The summed E-state index contributed by atoms with van der Waals surface area (Å²) in [6.07, 6.45) is 6.82. The maximum absolute atomic E-state index is 4.13. The normalized spacial score (nSPS) is 11.0. The summed E-state index contributed by atoms with van der Waals surface area (Å²) in [5, 5.41) is 0. The summed E-state index contributed by atoms with van der Waals surface area (Å²) in [5.41, 5.74) is 1.19. The summed E-state index contributed by atoms with van der Waals surface area (Å²) in [6.45, 7) is 4.08. The summed E-state index contributed by atoms with van der Waals surface area (Å²) in [7, 11) is 0. The first-order valence-electron chi connectivity index (χ1n) is 3.53. The zero-order valence-corrected chi connectivity index (χ0v) is 6.39. The van der Waals surface area contributed by atoms with Crippen LogP contribution in [0.25, 0.3) is 6.08 Å². The summed E-state index contributed by atoms with van der Waals surface area (Å²) in [4.78, 5) is 7.30. The molecule has 0 aliphatic carbocycles. The summed E-state index contributed by atoms with van der Waals surface area (Å²) in [6, 6.07) is 0. The lowest BCUT2D eigenvalue weighted by atomic mass is 10.4. The third-order valence-corrected chi connectivity index (χ3v) is 1.35. The monoisotopic (exact) mass is 136 g/mol. The Morgan fingerprint density at radius 3 is 3.00 bits per heavy atom. The van der Waals surface area contributed by atoms with E-state index in [1.165, 1.54) is 5.69 Å². The Bertz CT molecular complexity index is 223. The van der Waals surface area contributed by atoms with Crippen LogP contribution >= 0.6 is 0 Å².